The molecule has 0 radical (unpaired) electrons. The van der Waals surface area contributed by atoms with Gasteiger partial charge in [-0.3, -0.25) is 4.79 Å². The minimum atomic E-state index is -4.40. The van der Waals surface area contributed by atoms with Crippen LogP contribution in [0.25, 0.3) is 5.65 Å². The van der Waals surface area contributed by atoms with Crippen molar-refractivity contribution < 1.29 is 22.7 Å². The molecule has 3 aromatic rings. The second-order valence-corrected chi connectivity index (χ2v) is 6.11. The third-order valence-electron chi connectivity index (χ3n) is 3.92. The average Bonchev–Trinajstić information content (AvgIpc) is 3.02. The molecular formula is C19H18F3N3O2. The highest BCUT2D eigenvalue weighted by molar-refractivity contribution is 5.77. The molecule has 5 nitrogen and oxygen atoms in total. The van der Waals surface area contributed by atoms with Crippen LogP contribution >= 0.6 is 0 Å². The summed E-state index contributed by atoms with van der Waals surface area (Å²) in [5.74, 6) is 0.329. The largest absolute Gasteiger partial charge is 0.484 e. The van der Waals surface area contributed by atoms with Gasteiger partial charge in [0.2, 0.25) is 0 Å². The van der Waals surface area contributed by atoms with Gasteiger partial charge in [-0.2, -0.15) is 13.2 Å². The van der Waals surface area contributed by atoms with Gasteiger partial charge in [0.1, 0.15) is 11.4 Å². The Bertz CT molecular complexity index is 934. The lowest BCUT2D eigenvalue weighted by atomic mass is 10.2. The van der Waals surface area contributed by atoms with Crippen LogP contribution in [0.2, 0.25) is 0 Å². The highest BCUT2D eigenvalue weighted by Gasteiger charge is 2.30. The van der Waals surface area contributed by atoms with Crippen molar-refractivity contribution in [3.8, 4) is 5.75 Å². The number of benzene rings is 1. The van der Waals surface area contributed by atoms with Crippen molar-refractivity contribution in [3.05, 3.63) is 65.6 Å². The summed E-state index contributed by atoms with van der Waals surface area (Å²) in [7, 11) is 0. The Balaban J connectivity index is 1.49. The van der Waals surface area contributed by atoms with Crippen molar-refractivity contribution in [2.45, 2.75) is 19.5 Å². The zero-order chi connectivity index (χ0) is 19.4. The van der Waals surface area contributed by atoms with Gasteiger partial charge in [-0.1, -0.05) is 17.7 Å². The smallest absolute Gasteiger partial charge is 0.417 e. The van der Waals surface area contributed by atoms with E-state index >= 15 is 0 Å². The Kier molecular flexibility index (Phi) is 5.34. The van der Waals surface area contributed by atoms with Crippen molar-refractivity contribution in [2.75, 3.05) is 13.2 Å². The second kappa shape index (κ2) is 7.69. The van der Waals surface area contributed by atoms with E-state index in [1.54, 1.807) is 12.1 Å². The van der Waals surface area contributed by atoms with E-state index in [0.717, 1.165) is 17.8 Å². The first-order chi connectivity index (χ1) is 12.8. The molecule has 0 aliphatic rings. The molecule has 1 N–H and O–H groups in total. The Hall–Kier alpha value is -3.03. The molecule has 0 atom stereocenters. The average molecular weight is 377 g/mol. The van der Waals surface area contributed by atoms with Crippen LogP contribution in [0.1, 0.15) is 16.8 Å². The number of halogens is 3. The molecule has 0 aliphatic heterocycles. The lowest BCUT2D eigenvalue weighted by Crippen LogP contribution is -2.30. The van der Waals surface area contributed by atoms with E-state index in [1.165, 1.54) is 16.7 Å². The number of carbonyl (C=O) groups is 1. The fourth-order valence-electron chi connectivity index (χ4n) is 2.50. The molecule has 27 heavy (non-hydrogen) atoms. The fraction of sp³-hybridized carbons (Fsp3) is 0.263. The number of hydrogen-bond acceptors (Lipinski definition) is 3. The molecule has 8 heteroatoms. The summed E-state index contributed by atoms with van der Waals surface area (Å²) in [5, 5.41) is 2.70. The number of pyridine rings is 1. The molecule has 0 saturated heterocycles. The molecule has 0 spiro atoms. The van der Waals surface area contributed by atoms with Gasteiger partial charge in [-0.05, 0) is 31.2 Å². The van der Waals surface area contributed by atoms with Gasteiger partial charge < -0.3 is 14.5 Å². The van der Waals surface area contributed by atoms with Crippen LogP contribution in [0.5, 0.6) is 5.75 Å². The summed E-state index contributed by atoms with van der Waals surface area (Å²) < 4.78 is 44.9. The zero-order valence-corrected chi connectivity index (χ0v) is 14.6. The maximum atomic E-state index is 12.7. The van der Waals surface area contributed by atoms with Crippen LogP contribution < -0.4 is 10.1 Å². The summed E-state index contributed by atoms with van der Waals surface area (Å²) in [4.78, 5) is 16.1. The van der Waals surface area contributed by atoms with Gasteiger partial charge in [-0.25, -0.2) is 4.98 Å². The normalized spacial score (nSPS) is 11.6. The number of aromatic nitrogens is 2. The number of nitrogens with one attached hydrogen (secondary N) is 1. The first-order valence-corrected chi connectivity index (χ1v) is 8.32. The topological polar surface area (TPSA) is 55.6 Å². The van der Waals surface area contributed by atoms with Crippen LogP contribution in [-0.2, 0) is 17.4 Å². The van der Waals surface area contributed by atoms with E-state index < -0.39 is 11.7 Å². The number of aryl methyl sites for hydroxylation is 1. The molecule has 3 rings (SSSR count). The molecule has 0 bridgehead atoms. The number of rotatable bonds is 6. The Labute approximate surface area is 153 Å². The molecule has 142 valence electrons. The number of nitrogens with zero attached hydrogens (tertiary/aromatic N) is 2. The second-order valence-electron chi connectivity index (χ2n) is 6.11. The number of alkyl halides is 3. The molecule has 2 aromatic heterocycles. The number of hydrogen-bond donors (Lipinski definition) is 1. The maximum absolute atomic E-state index is 12.7. The summed E-state index contributed by atoms with van der Waals surface area (Å²) in [5.41, 5.74) is 1.38. The third-order valence-corrected chi connectivity index (χ3v) is 3.92. The molecule has 0 fully saturated rings. The van der Waals surface area contributed by atoms with Crippen LogP contribution in [0.3, 0.4) is 0 Å². The number of imidazole rings is 1. The standard InChI is InChI=1S/C19H18F3N3O2/c1-13-2-5-16(6-3-13)27-12-18(26)23-9-8-15-11-25-10-14(19(20,21)22)4-7-17(25)24-15/h2-7,10-11H,8-9,12H2,1H3,(H,23,26). The van der Waals surface area contributed by atoms with Crippen LogP contribution in [0, 0.1) is 6.92 Å². The number of ether oxygens (including phenoxy) is 1. The quantitative estimate of drug-likeness (QED) is 0.716. The summed E-state index contributed by atoms with van der Waals surface area (Å²) in [6.07, 6.45) is -1.47. The summed E-state index contributed by atoms with van der Waals surface area (Å²) in [6, 6.07) is 9.67. The molecule has 0 saturated carbocycles. The van der Waals surface area contributed by atoms with E-state index in [4.69, 9.17) is 4.74 Å². The number of carbonyl (C=O) groups excluding carboxylic acids is 1. The van der Waals surface area contributed by atoms with Crippen molar-refractivity contribution in [1.29, 1.82) is 0 Å². The van der Waals surface area contributed by atoms with E-state index in [-0.39, 0.29) is 12.5 Å². The maximum Gasteiger partial charge on any atom is 0.417 e. The fourth-order valence-corrected chi connectivity index (χ4v) is 2.50. The zero-order valence-electron chi connectivity index (χ0n) is 14.6. The monoisotopic (exact) mass is 377 g/mol. The molecular weight excluding hydrogens is 359 g/mol. The predicted octanol–water partition coefficient (Wildman–Crippen LogP) is 3.40. The minimum absolute atomic E-state index is 0.108. The van der Waals surface area contributed by atoms with Gasteiger partial charge in [0.15, 0.2) is 6.61 Å². The van der Waals surface area contributed by atoms with Crippen LogP contribution in [0.4, 0.5) is 13.2 Å². The Morgan fingerprint density at radius 1 is 1.15 bits per heavy atom. The first kappa shape index (κ1) is 18.8. The summed E-state index contributed by atoms with van der Waals surface area (Å²) >= 11 is 0. The van der Waals surface area contributed by atoms with E-state index in [0.29, 0.717) is 30.1 Å². The van der Waals surface area contributed by atoms with Crippen LogP contribution in [-0.4, -0.2) is 28.4 Å². The number of amides is 1. The predicted molar refractivity (Wildman–Crippen MR) is 93.6 cm³/mol. The van der Waals surface area contributed by atoms with Crippen molar-refractivity contribution >= 4 is 11.6 Å². The Morgan fingerprint density at radius 2 is 1.89 bits per heavy atom. The molecule has 1 aromatic carbocycles. The van der Waals surface area contributed by atoms with Gasteiger partial charge >= 0.3 is 6.18 Å². The molecule has 1 amide bonds. The van der Waals surface area contributed by atoms with Crippen molar-refractivity contribution in [3.63, 3.8) is 0 Å². The Morgan fingerprint density at radius 3 is 2.59 bits per heavy atom. The van der Waals surface area contributed by atoms with Crippen LogP contribution in [0.15, 0.2) is 48.8 Å². The lowest BCUT2D eigenvalue weighted by Gasteiger charge is -2.07. The van der Waals surface area contributed by atoms with Gasteiger partial charge in [0, 0.05) is 25.4 Å². The third kappa shape index (κ3) is 4.99. The SMILES string of the molecule is Cc1ccc(OCC(=O)NCCc2cn3cc(C(F)(F)F)ccc3n2)cc1. The summed E-state index contributed by atoms with van der Waals surface area (Å²) in [6.45, 7) is 2.16. The van der Waals surface area contributed by atoms with Gasteiger partial charge in [0.25, 0.3) is 5.91 Å². The van der Waals surface area contributed by atoms with E-state index in [9.17, 15) is 18.0 Å². The molecule has 0 aliphatic carbocycles. The van der Waals surface area contributed by atoms with Gasteiger partial charge in [-0.15, -0.1) is 0 Å². The first-order valence-electron chi connectivity index (χ1n) is 8.32. The highest BCUT2D eigenvalue weighted by Crippen LogP contribution is 2.29. The highest BCUT2D eigenvalue weighted by atomic mass is 19.4. The lowest BCUT2D eigenvalue weighted by molar-refractivity contribution is -0.137. The molecule has 2 heterocycles. The number of fused-ring (bicyclic) bond motifs is 1. The minimum Gasteiger partial charge on any atom is -0.484 e. The van der Waals surface area contributed by atoms with E-state index in [1.807, 2.05) is 19.1 Å². The van der Waals surface area contributed by atoms with Gasteiger partial charge in [0.05, 0.1) is 11.3 Å². The van der Waals surface area contributed by atoms with Crippen molar-refractivity contribution in [1.82, 2.24) is 14.7 Å². The van der Waals surface area contributed by atoms with E-state index in [2.05, 4.69) is 10.3 Å². The van der Waals surface area contributed by atoms with Crippen molar-refractivity contribution in [2.24, 2.45) is 0 Å². The molecule has 0 unspecified atom stereocenters.